The van der Waals surface area contributed by atoms with Gasteiger partial charge in [-0.05, 0) is 48.6 Å². The van der Waals surface area contributed by atoms with Gasteiger partial charge < -0.3 is 14.4 Å². The molecular formula is C25H24ClN3O6. The summed E-state index contributed by atoms with van der Waals surface area (Å²) in [5, 5.41) is 0.573. The van der Waals surface area contributed by atoms with Crippen molar-refractivity contribution in [1.29, 1.82) is 0 Å². The highest BCUT2D eigenvalue weighted by molar-refractivity contribution is 6.31. The number of methoxy groups -OCH3 is 2. The standard InChI is InChI=1S/C25H24ClN3O6/c1-27(14-30)21-11-10-15(12-22(21)34-2)28-13-18(24(32)35-3)23(31)29(25(28)33)20-9-5-6-16-17(20)7-4-8-19(16)26/h4,7-8,10-14,20H,5-6,9H2,1-3H3. The van der Waals surface area contributed by atoms with Gasteiger partial charge in [-0.25, -0.2) is 9.59 Å². The quantitative estimate of drug-likeness (QED) is 0.383. The number of halogens is 1. The highest BCUT2D eigenvalue weighted by atomic mass is 35.5. The van der Waals surface area contributed by atoms with Crippen LogP contribution < -0.4 is 20.9 Å². The first-order valence-electron chi connectivity index (χ1n) is 10.9. The lowest BCUT2D eigenvalue weighted by Crippen LogP contribution is -2.45. The number of aromatic nitrogens is 2. The van der Waals surface area contributed by atoms with E-state index >= 15 is 0 Å². The molecule has 1 aromatic heterocycles. The molecule has 2 aromatic carbocycles. The molecule has 1 atom stereocenters. The lowest BCUT2D eigenvalue weighted by atomic mass is 9.87. The molecule has 0 aliphatic heterocycles. The van der Waals surface area contributed by atoms with Gasteiger partial charge in [0.05, 0.1) is 31.6 Å². The van der Waals surface area contributed by atoms with Crippen molar-refractivity contribution in [3.63, 3.8) is 0 Å². The summed E-state index contributed by atoms with van der Waals surface area (Å²) in [4.78, 5) is 52.3. The molecule has 0 N–H and O–H groups in total. The maximum absolute atomic E-state index is 13.8. The minimum atomic E-state index is -0.857. The Kier molecular flexibility index (Phi) is 6.79. The Morgan fingerprint density at radius 2 is 1.97 bits per heavy atom. The van der Waals surface area contributed by atoms with Crippen LogP contribution in [0.15, 0.2) is 52.2 Å². The van der Waals surface area contributed by atoms with E-state index in [0.717, 1.165) is 28.5 Å². The van der Waals surface area contributed by atoms with Crippen LogP contribution in [0.4, 0.5) is 5.69 Å². The Balaban J connectivity index is 1.99. The van der Waals surface area contributed by atoms with Gasteiger partial charge >= 0.3 is 11.7 Å². The minimum Gasteiger partial charge on any atom is -0.494 e. The minimum absolute atomic E-state index is 0.283. The number of carbonyl (C=O) groups excluding carboxylic acids is 2. The van der Waals surface area contributed by atoms with Crippen molar-refractivity contribution in [1.82, 2.24) is 9.13 Å². The lowest BCUT2D eigenvalue weighted by Gasteiger charge is -2.28. The summed E-state index contributed by atoms with van der Waals surface area (Å²) in [6.07, 6.45) is 3.78. The first-order valence-corrected chi connectivity index (χ1v) is 11.3. The van der Waals surface area contributed by atoms with Crippen LogP contribution in [0.3, 0.4) is 0 Å². The molecule has 0 spiro atoms. The molecule has 1 aliphatic carbocycles. The second-order valence-electron chi connectivity index (χ2n) is 8.15. The molecule has 0 bridgehead atoms. The van der Waals surface area contributed by atoms with Crippen molar-refractivity contribution < 1.29 is 19.1 Å². The number of hydrogen-bond donors (Lipinski definition) is 0. The van der Waals surface area contributed by atoms with Crippen LogP contribution in [0.2, 0.25) is 5.02 Å². The van der Waals surface area contributed by atoms with E-state index in [1.54, 1.807) is 37.4 Å². The summed E-state index contributed by atoms with van der Waals surface area (Å²) in [7, 11) is 4.18. The van der Waals surface area contributed by atoms with E-state index in [1.807, 2.05) is 6.07 Å². The van der Waals surface area contributed by atoms with Crippen LogP contribution in [0.25, 0.3) is 5.69 Å². The van der Waals surface area contributed by atoms with E-state index in [9.17, 15) is 19.2 Å². The van der Waals surface area contributed by atoms with E-state index in [4.69, 9.17) is 21.1 Å². The summed E-state index contributed by atoms with van der Waals surface area (Å²) in [5.41, 5.74) is 0.841. The predicted molar refractivity (Wildman–Crippen MR) is 131 cm³/mol. The van der Waals surface area contributed by atoms with Gasteiger partial charge in [0.25, 0.3) is 5.56 Å². The average Bonchev–Trinajstić information content (AvgIpc) is 2.88. The Bertz CT molecular complexity index is 1430. The predicted octanol–water partition coefficient (Wildman–Crippen LogP) is 2.97. The van der Waals surface area contributed by atoms with Crippen molar-refractivity contribution in [3.8, 4) is 11.4 Å². The van der Waals surface area contributed by atoms with Crippen molar-refractivity contribution in [2.75, 3.05) is 26.2 Å². The van der Waals surface area contributed by atoms with E-state index in [1.165, 1.54) is 29.9 Å². The molecule has 0 saturated carbocycles. The molecule has 0 saturated heterocycles. The van der Waals surface area contributed by atoms with Gasteiger partial charge in [-0.2, -0.15) is 0 Å². The third-order valence-electron chi connectivity index (χ3n) is 6.23. The van der Waals surface area contributed by atoms with Gasteiger partial charge in [-0.15, -0.1) is 0 Å². The first kappa shape index (κ1) is 24.3. The molecule has 10 heteroatoms. The maximum atomic E-state index is 13.8. The number of anilines is 1. The Hall–Kier alpha value is -3.85. The number of fused-ring (bicyclic) bond motifs is 1. The van der Waals surface area contributed by atoms with Crippen molar-refractivity contribution in [2.24, 2.45) is 0 Å². The van der Waals surface area contributed by atoms with Crippen LogP contribution in [0.5, 0.6) is 5.75 Å². The van der Waals surface area contributed by atoms with Crippen molar-refractivity contribution >= 4 is 29.7 Å². The molecule has 0 radical (unpaired) electrons. The van der Waals surface area contributed by atoms with E-state index < -0.39 is 23.3 Å². The highest BCUT2D eigenvalue weighted by Gasteiger charge is 2.29. The lowest BCUT2D eigenvalue weighted by molar-refractivity contribution is -0.107. The number of amides is 1. The Morgan fingerprint density at radius 3 is 2.66 bits per heavy atom. The summed E-state index contributed by atoms with van der Waals surface area (Å²) in [6.45, 7) is 0. The number of benzene rings is 2. The van der Waals surface area contributed by atoms with Crippen LogP contribution in [-0.2, 0) is 16.0 Å². The molecule has 3 aromatic rings. The van der Waals surface area contributed by atoms with Gasteiger partial charge in [0.2, 0.25) is 6.41 Å². The molecule has 1 heterocycles. The summed E-state index contributed by atoms with van der Waals surface area (Å²) in [6, 6.07) is 9.56. The van der Waals surface area contributed by atoms with Gasteiger partial charge in [-0.3, -0.25) is 18.7 Å². The SMILES string of the molecule is COC(=O)c1cn(-c2ccc(N(C)C=O)c(OC)c2)c(=O)n(C2CCCc3c(Cl)cccc32)c1=O. The number of rotatable bonds is 6. The molecule has 1 unspecified atom stereocenters. The first-order chi connectivity index (χ1) is 16.8. The molecule has 9 nitrogen and oxygen atoms in total. The van der Waals surface area contributed by atoms with E-state index in [0.29, 0.717) is 35.0 Å². The number of esters is 1. The van der Waals surface area contributed by atoms with Crippen molar-refractivity contribution in [3.05, 3.63) is 85.1 Å². The summed E-state index contributed by atoms with van der Waals surface area (Å²) in [5.74, 6) is -0.528. The molecule has 0 fully saturated rings. The Labute approximate surface area is 206 Å². The second kappa shape index (κ2) is 9.79. The molecule has 182 valence electrons. The number of carbonyl (C=O) groups is 2. The molecule has 4 rings (SSSR count). The third-order valence-corrected chi connectivity index (χ3v) is 6.59. The monoisotopic (exact) mass is 497 g/mol. The zero-order chi connectivity index (χ0) is 25.3. The zero-order valence-corrected chi connectivity index (χ0v) is 20.2. The van der Waals surface area contributed by atoms with Crippen LogP contribution in [0.1, 0.15) is 40.4 Å². The van der Waals surface area contributed by atoms with Gasteiger partial charge in [0.15, 0.2) is 0 Å². The number of hydrogen-bond acceptors (Lipinski definition) is 6. The molecule has 1 aliphatic rings. The fraction of sp³-hybridized carbons (Fsp3) is 0.280. The molecular weight excluding hydrogens is 474 g/mol. The summed E-state index contributed by atoms with van der Waals surface area (Å²) < 4.78 is 12.5. The smallest absolute Gasteiger partial charge is 0.345 e. The maximum Gasteiger partial charge on any atom is 0.345 e. The van der Waals surface area contributed by atoms with Gasteiger partial charge in [0.1, 0.15) is 11.3 Å². The normalized spacial score (nSPS) is 14.7. The van der Waals surface area contributed by atoms with Gasteiger partial charge in [0, 0.05) is 24.3 Å². The second-order valence-corrected chi connectivity index (χ2v) is 8.56. The topological polar surface area (TPSA) is 99.8 Å². The average molecular weight is 498 g/mol. The van der Waals surface area contributed by atoms with Crippen LogP contribution in [0, 0.1) is 0 Å². The summed E-state index contributed by atoms with van der Waals surface area (Å²) >= 11 is 6.40. The largest absolute Gasteiger partial charge is 0.494 e. The number of nitrogens with zero attached hydrogens (tertiary/aromatic N) is 3. The van der Waals surface area contributed by atoms with E-state index in [-0.39, 0.29) is 5.56 Å². The van der Waals surface area contributed by atoms with Crippen molar-refractivity contribution in [2.45, 2.75) is 25.3 Å². The zero-order valence-electron chi connectivity index (χ0n) is 19.5. The van der Waals surface area contributed by atoms with E-state index in [2.05, 4.69) is 0 Å². The fourth-order valence-corrected chi connectivity index (χ4v) is 4.77. The van der Waals surface area contributed by atoms with Crippen LogP contribution >= 0.6 is 11.6 Å². The Morgan fingerprint density at radius 1 is 1.20 bits per heavy atom. The van der Waals surface area contributed by atoms with Crippen LogP contribution in [-0.4, -0.2) is 42.8 Å². The number of ether oxygens (including phenoxy) is 2. The highest BCUT2D eigenvalue weighted by Crippen LogP contribution is 2.35. The molecule has 35 heavy (non-hydrogen) atoms. The molecule has 1 amide bonds. The third kappa shape index (κ3) is 4.23. The fourth-order valence-electron chi connectivity index (χ4n) is 4.49. The van der Waals surface area contributed by atoms with Gasteiger partial charge in [-0.1, -0.05) is 23.7 Å².